The van der Waals surface area contributed by atoms with Crippen LogP contribution in [0.5, 0.6) is 0 Å². The number of carbonyl (C=O) groups is 1. The van der Waals surface area contributed by atoms with Crippen molar-refractivity contribution in [2.45, 2.75) is 34.2 Å². The van der Waals surface area contributed by atoms with E-state index in [0.717, 1.165) is 16.8 Å². The fourth-order valence-corrected chi connectivity index (χ4v) is 2.22. The van der Waals surface area contributed by atoms with Crippen LogP contribution in [0.25, 0.3) is 0 Å². The van der Waals surface area contributed by atoms with E-state index >= 15 is 0 Å². The molecular formula is C16H20N4O2. The van der Waals surface area contributed by atoms with Gasteiger partial charge in [-0.3, -0.25) is 14.2 Å². The van der Waals surface area contributed by atoms with Crippen molar-refractivity contribution in [3.63, 3.8) is 0 Å². The van der Waals surface area contributed by atoms with Crippen molar-refractivity contribution in [2.75, 3.05) is 11.1 Å². The maximum Gasteiger partial charge on any atom is 0.258 e. The quantitative estimate of drug-likeness (QED) is 0.902. The maximum atomic E-state index is 12.2. The number of amides is 1. The topological polar surface area (TPSA) is 90.0 Å². The number of hydrogen-bond acceptors (Lipinski definition) is 4. The van der Waals surface area contributed by atoms with E-state index in [2.05, 4.69) is 10.3 Å². The lowest BCUT2D eigenvalue weighted by molar-refractivity contribution is -0.116. The monoisotopic (exact) mass is 300 g/mol. The Bertz CT molecular complexity index is 793. The zero-order valence-electron chi connectivity index (χ0n) is 13.2. The van der Waals surface area contributed by atoms with Crippen LogP contribution in [-0.4, -0.2) is 15.5 Å². The zero-order valence-corrected chi connectivity index (χ0v) is 13.2. The molecule has 3 N–H and O–H groups in total. The molecule has 2 rings (SSSR count). The van der Waals surface area contributed by atoms with Gasteiger partial charge in [0.1, 0.15) is 6.54 Å². The van der Waals surface area contributed by atoms with Crippen molar-refractivity contribution in [3.8, 4) is 0 Å². The summed E-state index contributed by atoms with van der Waals surface area (Å²) in [4.78, 5) is 28.4. The summed E-state index contributed by atoms with van der Waals surface area (Å²) in [6, 6.07) is 5.74. The first-order valence-corrected chi connectivity index (χ1v) is 7.00. The number of carbonyl (C=O) groups excluding carboxylic acids is 1. The largest absolute Gasteiger partial charge is 0.369 e. The third-order valence-corrected chi connectivity index (χ3v) is 3.63. The molecule has 0 spiro atoms. The molecule has 0 aliphatic rings. The summed E-state index contributed by atoms with van der Waals surface area (Å²) in [7, 11) is 0. The van der Waals surface area contributed by atoms with E-state index < -0.39 is 0 Å². The van der Waals surface area contributed by atoms with Crippen LogP contribution in [0.3, 0.4) is 0 Å². The Balaban J connectivity index is 2.23. The van der Waals surface area contributed by atoms with Gasteiger partial charge in [-0.1, -0.05) is 17.7 Å². The van der Waals surface area contributed by atoms with Gasteiger partial charge in [-0.2, -0.15) is 0 Å². The van der Waals surface area contributed by atoms with Crippen molar-refractivity contribution in [2.24, 2.45) is 0 Å². The number of nitrogens with zero attached hydrogens (tertiary/aromatic N) is 2. The lowest BCUT2D eigenvalue weighted by atomic mass is 10.1. The lowest BCUT2D eigenvalue weighted by Gasteiger charge is -2.13. The number of benzene rings is 1. The molecular weight excluding hydrogens is 280 g/mol. The fourth-order valence-electron chi connectivity index (χ4n) is 2.22. The third-order valence-electron chi connectivity index (χ3n) is 3.63. The van der Waals surface area contributed by atoms with Gasteiger partial charge in [0.2, 0.25) is 11.9 Å². The summed E-state index contributed by atoms with van der Waals surface area (Å²) < 4.78 is 1.18. The van der Waals surface area contributed by atoms with Gasteiger partial charge in [0, 0.05) is 16.9 Å². The molecule has 0 saturated carbocycles. The highest BCUT2D eigenvalue weighted by Gasteiger charge is 2.13. The smallest absolute Gasteiger partial charge is 0.258 e. The summed E-state index contributed by atoms with van der Waals surface area (Å²) in [5.41, 5.74) is 9.34. The van der Waals surface area contributed by atoms with Gasteiger partial charge in [0.15, 0.2) is 0 Å². The van der Waals surface area contributed by atoms with Crippen LogP contribution in [0, 0.1) is 27.7 Å². The van der Waals surface area contributed by atoms with Crippen LogP contribution in [0.15, 0.2) is 23.0 Å². The molecule has 6 nitrogen and oxygen atoms in total. The normalized spacial score (nSPS) is 10.5. The summed E-state index contributed by atoms with van der Waals surface area (Å²) in [6.07, 6.45) is 0. The van der Waals surface area contributed by atoms with E-state index in [4.69, 9.17) is 5.73 Å². The average molecular weight is 300 g/mol. The molecule has 0 atom stereocenters. The van der Waals surface area contributed by atoms with Gasteiger partial charge >= 0.3 is 0 Å². The number of nitrogens with two attached hydrogens (primary N) is 1. The molecule has 0 aliphatic carbocycles. The van der Waals surface area contributed by atoms with Crippen LogP contribution in [-0.2, 0) is 11.3 Å². The Labute approximate surface area is 129 Å². The average Bonchev–Trinajstić information content (AvgIpc) is 2.44. The first-order chi connectivity index (χ1) is 10.3. The number of aryl methyl sites for hydroxylation is 3. The second-order valence-electron chi connectivity index (χ2n) is 5.44. The molecule has 0 aliphatic heterocycles. The molecule has 1 amide bonds. The van der Waals surface area contributed by atoms with Gasteiger partial charge in [0.25, 0.3) is 5.56 Å². The molecule has 116 valence electrons. The van der Waals surface area contributed by atoms with Crippen molar-refractivity contribution < 1.29 is 4.79 Å². The second kappa shape index (κ2) is 6.01. The first-order valence-electron chi connectivity index (χ1n) is 7.00. The number of anilines is 2. The minimum absolute atomic E-state index is 0.0453. The van der Waals surface area contributed by atoms with Crippen LogP contribution >= 0.6 is 0 Å². The highest BCUT2D eigenvalue weighted by Crippen LogP contribution is 2.16. The van der Waals surface area contributed by atoms with E-state index in [9.17, 15) is 9.59 Å². The Kier molecular flexibility index (Phi) is 4.30. The van der Waals surface area contributed by atoms with Crippen molar-refractivity contribution in [1.82, 2.24) is 9.55 Å². The minimum Gasteiger partial charge on any atom is -0.369 e. The van der Waals surface area contributed by atoms with Gasteiger partial charge in [-0.05, 0) is 39.3 Å². The Morgan fingerprint density at radius 3 is 2.59 bits per heavy atom. The zero-order chi connectivity index (χ0) is 16.4. The minimum atomic E-state index is -0.314. The predicted octanol–water partition coefficient (Wildman–Crippen LogP) is 1.70. The van der Waals surface area contributed by atoms with Crippen molar-refractivity contribution in [1.29, 1.82) is 0 Å². The Morgan fingerprint density at radius 1 is 1.27 bits per heavy atom. The molecule has 1 aromatic carbocycles. The molecule has 0 bridgehead atoms. The molecule has 1 aromatic heterocycles. The third kappa shape index (κ3) is 3.16. The molecule has 0 unspecified atom stereocenters. The summed E-state index contributed by atoms with van der Waals surface area (Å²) in [5.74, 6) is -0.269. The number of hydrogen-bond donors (Lipinski definition) is 2. The van der Waals surface area contributed by atoms with Crippen LogP contribution in [0.1, 0.15) is 22.4 Å². The number of aromatic nitrogens is 2. The molecule has 2 aromatic rings. The lowest BCUT2D eigenvalue weighted by Crippen LogP contribution is -2.32. The molecule has 1 heterocycles. The molecule has 0 fully saturated rings. The van der Waals surface area contributed by atoms with Gasteiger partial charge < -0.3 is 11.1 Å². The van der Waals surface area contributed by atoms with Gasteiger partial charge in [0.05, 0.1) is 0 Å². The first kappa shape index (κ1) is 15.8. The summed E-state index contributed by atoms with van der Waals surface area (Å²) in [6.45, 7) is 7.13. The highest BCUT2D eigenvalue weighted by atomic mass is 16.2. The molecule has 0 radical (unpaired) electrons. The number of nitrogens with one attached hydrogen (secondary N) is 1. The van der Waals surface area contributed by atoms with Crippen LogP contribution in [0.4, 0.5) is 11.6 Å². The SMILES string of the molecule is Cc1ccc(NC(=O)Cn2c(N)nc(C)c(C)c2=O)c(C)c1. The molecule has 0 saturated heterocycles. The fraction of sp³-hybridized carbons (Fsp3) is 0.312. The number of nitrogen functional groups attached to an aromatic ring is 1. The molecule has 6 heteroatoms. The second-order valence-corrected chi connectivity index (χ2v) is 5.44. The van der Waals surface area contributed by atoms with Crippen molar-refractivity contribution in [3.05, 3.63) is 50.9 Å². The van der Waals surface area contributed by atoms with E-state index in [1.54, 1.807) is 13.8 Å². The van der Waals surface area contributed by atoms with Gasteiger partial charge in [-0.25, -0.2) is 4.98 Å². The summed E-state index contributed by atoms with van der Waals surface area (Å²) in [5, 5.41) is 2.79. The van der Waals surface area contributed by atoms with E-state index in [0.29, 0.717) is 11.3 Å². The highest BCUT2D eigenvalue weighted by molar-refractivity contribution is 5.91. The predicted molar refractivity (Wildman–Crippen MR) is 86.9 cm³/mol. The van der Waals surface area contributed by atoms with Crippen LogP contribution < -0.4 is 16.6 Å². The van der Waals surface area contributed by atoms with Crippen LogP contribution in [0.2, 0.25) is 0 Å². The maximum absolute atomic E-state index is 12.2. The van der Waals surface area contributed by atoms with E-state index in [1.807, 2.05) is 32.0 Å². The Hall–Kier alpha value is -2.63. The van der Waals surface area contributed by atoms with Crippen molar-refractivity contribution >= 4 is 17.5 Å². The van der Waals surface area contributed by atoms with Gasteiger partial charge in [-0.15, -0.1) is 0 Å². The summed E-state index contributed by atoms with van der Waals surface area (Å²) >= 11 is 0. The number of rotatable bonds is 3. The molecule has 22 heavy (non-hydrogen) atoms. The standard InChI is InChI=1S/C16H20N4O2/c1-9-5-6-13(10(2)7-9)19-14(21)8-20-15(22)11(3)12(4)18-16(20)17/h5-7H,8H2,1-4H3,(H2,17,18)(H,19,21). The van der Waals surface area contributed by atoms with E-state index in [1.165, 1.54) is 4.57 Å². The Morgan fingerprint density at radius 2 is 1.95 bits per heavy atom. The van der Waals surface area contributed by atoms with E-state index in [-0.39, 0.29) is 24.0 Å².